The molecule has 0 aromatic heterocycles. The third-order valence-corrected chi connectivity index (χ3v) is 5.28. The molecular weight excluding hydrogens is 380 g/mol. The predicted molar refractivity (Wildman–Crippen MR) is 103 cm³/mol. The molecule has 0 saturated carbocycles. The lowest BCUT2D eigenvalue weighted by Gasteiger charge is -2.23. The maximum atomic E-state index is 13.1. The standard InChI is InChI=1S/C20H19BrN2O2/c21-16-5-6-19-14(10-16)9-15(12-25-19)20(24)23-11-13(7-8-22)17-3-1-2-4-18(17)23/h1-6,9-10,13H,7-8,11-12,22H2. The van der Waals surface area contributed by atoms with Crippen molar-refractivity contribution in [3.63, 3.8) is 0 Å². The van der Waals surface area contributed by atoms with E-state index in [4.69, 9.17) is 10.5 Å². The van der Waals surface area contributed by atoms with E-state index in [0.717, 1.165) is 27.9 Å². The maximum absolute atomic E-state index is 13.1. The zero-order valence-electron chi connectivity index (χ0n) is 13.7. The third kappa shape index (κ3) is 2.98. The van der Waals surface area contributed by atoms with Crippen LogP contribution in [0.4, 0.5) is 5.69 Å². The minimum Gasteiger partial charge on any atom is -0.488 e. The zero-order chi connectivity index (χ0) is 17.4. The average Bonchev–Trinajstić information content (AvgIpc) is 3.00. The van der Waals surface area contributed by atoms with Gasteiger partial charge in [-0.2, -0.15) is 0 Å². The Bertz CT molecular complexity index is 863. The van der Waals surface area contributed by atoms with Crippen molar-refractivity contribution in [1.29, 1.82) is 0 Å². The number of carbonyl (C=O) groups excluding carboxylic acids is 1. The second kappa shape index (κ2) is 6.65. The van der Waals surface area contributed by atoms with Gasteiger partial charge in [0.1, 0.15) is 12.4 Å². The van der Waals surface area contributed by atoms with E-state index in [2.05, 4.69) is 22.0 Å². The zero-order valence-corrected chi connectivity index (χ0v) is 15.3. The molecule has 2 aliphatic heterocycles. The summed E-state index contributed by atoms with van der Waals surface area (Å²) in [6.45, 7) is 1.60. The van der Waals surface area contributed by atoms with Crippen LogP contribution in [0.2, 0.25) is 0 Å². The Balaban J connectivity index is 1.66. The first-order valence-corrected chi connectivity index (χ1v) is 9.20. The summed E-state index contributed by atoms with van der Waals surface area (Å²) < 4.78 is 6.74. The van der Waals surface area contributed by atoms with Gasteiger partial charge in [0.15, 0.2) is 0 Å². The van der Waals surface area contributed by atoms with Crippen molar-refractivity contribution in [1.82, 2.24) is 0 Å². The first-order chi connectivity index (χ1) is 12.2. The summed E-state index contributed by atoms with van der Waals surface area (Å²) in [5.74, 6) is 1.12. The summed E-state index contributed by atoms with van der Waals surface area (Å²) in [5, 5.41) is 0. The highest BCUT2D eigenvalue weighted by Crippen LogP contribution is 2.39. The fourth-order valence-corrected chi connectivity index (χ4v) is 3.96. The number of nitrogens with two attached hydrogens (primary N) is 1. The molecule has 0 aliphatic carbocycles. The Labute approximate surface area is 155 Å². The van der Waals surface area contributed by atoms with Gasteiger partial charge in [0.2, 0.25) is 0 Å². The number of anilines is 1. The van der Waals surface area contributed by atoms with E-state index in [1.54, 1.807) is 0 Å². The van der Waals surface area contributed by atoms with E-state index < -0.39 is 0 Å². The highest BCUT2D eigenvalue weighted by atomic mass is 79.9. The lowest BCUT2D eigenvalue weighted by atomic mass is 9.98. The van der Waals surface area contributed by atoms with Gasteiger partial charge in [-0.1, -0.05) is 34.1 Å². The molecule has 0 bridgehead atoms. The van der Waals surface area contributed by atoms with Gasteiger partial charge in [-0.05, 0) is 48.9 Å². The van der Waals surface area contributed by atoms with Gasteiger partial charge in [-0.25, -0.2) is 0 Å². The lowest BCUT2D eigenvalue weighted by Crippen LogP contribution is -2.33. The number of ether oxygens (including phenoxy) is 1. The number of fused-ring (bicyclic) bond motifs is 2. The number of hydrogen-bond donors (Lipinski definition) is 1. The largest absolute Gasteiger partial charge is 0.488 e. The first-order valence-electron chi connectivity index (χ1n) is 8.41. The van der Waals surface area contributed by atoms with Gasteiger partial charge >= 0.3 is 0 Å². The molecule has 1 amide bonds. The molecule has 4 rings (SSSR count). The number of benzene rings is 2. The Morgan fingerprint density at radius 2 is 2.12 bits per heavy atom. The van der Waals surface area contributed by atoms with E-state index in [-0.39, 0.29) is 5.91 Å². The normalized spacial score (nSPS) is 18.2. The van der Waals surface area contributed by atoms with Crippen LogP contribution in [0.15, 0.2) is 52.5 Å². The molecule has 2 aromatic carbocycles. The third-order valence-electron chi connectivity index (χ3n) is 4.79. The van der Waals surface area contributed by atoms with Crippen LogP contribution in [0.3, 0.4) is 0 Å². The van der Waals surface area contributed by atoms with E-state index in [0.29, 0.717) is 31.2 Å². The first kappa shape index (κ1) is 16.4. The molecule has 1 unspecified atom stereocenters. The van der Waals surface area contributed by atoms with Crippen molar-refractivity contribution >= 4 is 33.6 Å². The van der Waals surface area contributed by atoms with Gasteiger partial charge in [-0.3, -0.25) is 4.79 Å². The molecule has 0 radical (unpaired) electrons. The number of carbonyl (C=O) groups is 1. The summed E-state index contributed by atoms with van der Waals surface area (Å²) in [4.78, 5) is 15.0. The minimum absolute atomic E-state index is 0.0117. The van der Waals surface area contributed by atoms with E-state index >= 15 is 0 Å². The smallest absolute Gasteiger partial charge is 0.257 e. The summed E-state index contributed by atoms with van der Waals surface area (Å²) in [7, 11) is 0. The maximum Gasteiger partial charge on any atom is 0.257 e. The monoisotopic (exact) mass is 398 g/mol. The van der Waals surface area contributed by atoms with Crippen molar-refractivity contribution in [3.05, 3.63) is 63.6 Å². The molecule has 4 nitrogen and oxygen atoms in total. The summed E-state index contributed by atoms with van der Waals surface area (Å²) >= 11 is 3.47. The predicted octanol–water partition coefficient (Wildman–Crippen LogP) is 3.70. The van der Waals surface area contributed by atoms with E-state index in [1.165, 1.54) is 5.56 Å². The van der Waals surface area contributed by atoms with Crippen LogP contribution in [0.1, 0.15) is 23.5 Å². The van der Waals surface area contributed by atoms with E-state index in [1.807, 2.05) is 47.4 Å². The van der Waals surface area contributed by atoms with Crippen molar-refractivity contribution in [2.24, 2.45) is 5.73 Å². The number of nitrogens with zero attached hydrogens (tertiary/aromatic N) is 1. The number of para-hydroxylation sites is 1. The Hall–Kier alpha value is -2.11. The highest BCUT2D eigenvalue weighted by Gasteiger charge is 2.33. The van der Waals surface area contributed by atoms with Crippen molar-refractivity contribution in [2.75, 3.05) is 24.6 Å². The summed E-state index contributed by atoms with van der Waals surface area (Å²) in [6.07, 6.45) is 2.82. The van der Waals surface area contributed by atoms with Crippen LogP contribution >= 0.6 is 15.9 Å². The molecule has 25 heavy (non-hydrogen) atoms. The second-order valence-electron chi connectivity index (χ2n) is 6.39. The lowest BCUT2D eigenvalue weighted by molar-refractivity contribution is -0.115. The molecule has 0 spiro atoms. The van der Waals surface area contributed by atoms with Crippen molar-refractivity contribution < 1.29 is 9.53 Å². The molecule has 2 N–H and O–H groups in total. The van der Waals surface area contributed by atoms with Gasteiger partial charge in [0.05, 0.1) is 5.57 Å². The van der Waals surface area contributed by atoms with Crippen LogP contribution in [0.25, 0.3) is 6.08 Å². The molecular formula is C20H19BrN2O2. The topological polar surface area (TPSA) is 55.6 Å². The van der Waals surface area contributed by atoms with Crippen LogP contribution in [0, 0.1) is 0 Å². The molecule has 5 heteroatoms. The molecule has 128 valence electrons. The summed E-state index contributed by atoms with van der Waals surface area (Å²) in [5.41, 5.74) is 9.56. The fourth-order valence-electron chi connectivity index (χ4n) is 3.58. The fraction of sp³-hybridized carbons (Fsp3) is 0.250. The Morgan fingerprint density at radius 3 is 2.96 bits per heavy atom. The summed E-state index contributed by atoms with van der Waals surface area (Å²) in [6, 6.07) is 13.9. The van der Waals surface area contributed by atoms with Gasteiger partial charge < -0.3 is 15.4 Å². The Morgan fingerprint density at radius 1 is 1.28 bits per heavy atom. The van der Waals surface area contributed by atoms with Gasteiger partial charge in [0.25, 0.3) is 5.91 Å². The SMILES string of the molecule is NCCC1CN(C(=O)C2=Cc3cc(Br)ccc3OC2)c2ccccc21. The molecule has 2 heterocycles. The van der Waals surface area contributed by atoms with Gasteiger partial charge in [-0.15, -0.1) is 0 Å². The van der Waals surface area contributed by atoms with Crippen LogP contribution in [-0.2, 0) is 4.79 Å². The minimum atomic E-state index is 0.0117. The Kier molecular flexibility index (Phi) is 4.36. The van der Waals surface area contributed by atoms with Crippen molar-refractivity contribution in [2.45, 2.75) is 12.3 Å². The molecule has 1 atom stereocenters. The van der Waals surface area contributed by atoms with Crippen molar-refractivity contribution in [3.8, 4) is 5.75 Å². The molecule has 0 saturated heterocycles. The number of amides is 1. The van der Waals surface area contributed by atoms with Gasteiger partial charge in [0, 0.05) is 28.2 Å². The quantitative estimate of drug-likeness (QED) is 0.857. The average molecular weight is 399 g/mol. The van der Waals surface area contributed by atoms with E-state index in [9.17, 15) is 4.79 Å². The van der Waals surface area contributed by atoms with Crippen LogP contribution in [0.5, 0.6) is 5.75 Å². The molecule has 0 fully saturated rings. The number of halogens is 1. The van der Waals surface area contributed by atoms with Crippen LogP contribution in [-0.4, -0.2) is 25.6 Å². The molecule has 2 aromatic rings. The highest BCUT2D eigenvalue weighted by molar-refractivity contribution is 9.10. The number of hydrogen-bond acceptors (Lipinski definition) is 3. The second-order valence-corrected chi connectivity index (χ2v) is 7.30. The van der Waals surface area contributed by atoms with Crippen LogP contribution < -0.4 is 15.4 Å². The number of rotatable bonds is 3. The molecule has 2 aliphatic rings.